The van der Waals surface area contributed by atoms with Crippen molar-refractivity contribution in [2.24, 2.45) is 4.99 Å². The zero-order chi connectivity index (χ0) is 21.1. The van der Waals surface area contributed by atoms with Crippen LogP contribution >= 0.6 is 27.5 Å². The molecule has 3 aromatic rings. The lowest BCUT2D eigenvalue weighted by atomic mass is 10.00. The molecule has 0 aliphatic rings. The second-order valence-electron chi connectivity index (χ2n) is 6.51. The Kier molecular flexibility index (Phi) is 6.31. The number of nitrogens with zero attached hydrogens (tertiary/aromatic N) is 3. The first-order valence-electron chi connectivity index (χ1n) is 8.63. The Morgan fingerprint density at radius 3 is 2.59 bits per heavy atom. The van der Waals surface area contributed by atoms with Gasteiger partial charge in [0.2, 0.25) is 0 Å². The van der Waals surface area contributed by atoms with Gasteiger partial charge in [-0.3, -0.25) is 9.98 Å². The van der Waals surface area contributed by atoms with Gasteiger partial charge in [0.15, 0.2) is 0 Å². The molecule has 2 aromatic carbocycles. The molecule has 0 fully saturated rings. The third-order valence-electron chi connectivity index (χ3n) is 4.44. The maximum absolute atomic E-state index is 14.1. The van der Waals surface area contributed by atoms with Gasteiger partial charge in [0.25, 0.3) is 0 Å². The normalized spacial score (nSPS) is 12.5. The first-order chi connectivity index (χ1) is 13.8. The number of aliphatic imine (C=N–C) groups is 1. The number of aryl methyl sites for hydroxylation is 2. The van der Waals surface area contributed by atoms with Gasteiger partial charge in [-0.1, -0.05) is 23.7 Å². The molecule has 1 atom stereocenters. The predicted molar refractivity (Wildman–Crippen MR) is 112 cm³/mol. The van der Waals surface area contributed by atoms with E-state index in [0.717, 1.165) is 10.0 Å². The highest BCUT2D eigenvalue weighted by atomic mass is 79.9. The summed E-state index contributed by atoms with van der Waals surface area (Å²) in [5.41, 5.74) is 3.31. The molecule has 4 nitrogen and oxygen atoms in total. The molecule has 0 amide bonds. The SMILES string of the molecule is Cc1cc(C([O-])=NC(c2ccc(Cl)c(F)c2)c2ncc(Br)cc2C)ccc1C#N. The smallest absolute Gasteiger partial charge is 0.142 e. The van der Waals surface area contributed by atoms with Crippen LogP contribution in [0.3, 0.4) is 0 Å². The standard InChI is InChI=1S/C22H16BrClFN3O/c1-12-7-15(3-4-16(12)10-26)22(29)28-21(14-5-6-18(24)19(25)9-14)20-13(2)8-17(23)11-27-20/h3-9,11,21H,1-2H3,(H,28,29)/p-1. The van der Waals surface area contributed by atoms with Crippen LogP contribution in [0.25, 0.3) is 0 Å². The summed E-state index contributed by atoms with van der Waals surface area (Å²) in [7, 11) is 0. The highest BCUT2D eigenvalue weighted by molar-refractivity contribution is 9.10. The molecule has 1 heterocycles. The van der Waals surface area contributed by atoms with Crippen LogP contribution in [0.1, 0.15) is 39.6 Å². The van der Waals surface area contributed by atoms with Crippen LogP contribution in [0.2, 0.25) is 5.02 Å². The largest absolute Gasteiger partial charge is 0.858 e. The summed E-state index contributed by atoms with van der Waals surface area (Å²) in [5.74, 6) is -1.08. The summed E-state index contributed by atoms with van der Waals surface area (Å²) in [4.78, 5) is 8.74. The van der Waals surface area contributed by atoms with Crippen molar-refractivity contribution in [3.63, 3.8) is 0 Å². The van der Waals surface area contributed by atoms with E-state index in [0.29, 0.717) is 27.9 Å². The first kappa shape index (κ1) is 21.0. The van der Waals surface area contributed by atoms with Gasteiger partial charge in [-0.25, -0.2) is 4.39 Å². The minimum atomic E-state index is -0.807. The number of benzene rings is 2. The Morgan fingerprint density at radius 1 is 1.21 bits per heavy atom. The van der Waals surface area contributed by atoms with E-state index >= 15 is 0 Å². The number of pyridine rings is 1. The Labute approximate surface area is 181 Å². The zero-order valence-electron chi connectivity index (χ0n) is 15.6. The van der Waals surface area contributed by atoms with E-state index in [2.05, 4.69) is 32.0 Å². The lowest BCUT2D eigenvalue weighted by Crippen LogP contribution is -2.21. The van der Waals surface area contributed by atoms with E-state index in [1.54, 1.807) is 37.4 Å². The molecule has 1 aromatic heterocycles. The van der Waals surface area contributed by atoms with Crippen LogP contribution in [-0.4, -0.2) is 10.9 Å². The Morgan fingerprint density at radius 2 is 1.97 bits per heavy atom. The lowest BCUT2D eigenvalue weighted by molar-refractivity contribution is -0.213. The second-order valence-corrected chi connectivity index (χ2v) is 7.83. The summed E-state index contributed by atoms with van der Waals surface area (Å²) in [6.07, 6.45) is 1.60. The number of rotatable bonds is 4. The van der Waals surface area contributed by atoms with Gasteiger partial charge >= 0.3 is 0 Å². The first-order valence-corrected chi connectivity index (χ1v) is 9.80. The van der Waals surface area contributed by atoms with E-state index in [-0.39, 0.29) is 5.02 Å². The fraction of sp³-hybridized carbons (Fsp3) is 0.136. The number of hydrogen-bond acceptors (Lipinski definition) is 4. The second kappa shape index (κ2) is 8.73. The van der Waals surface area contributed by atoms with Crippen molar-refractivity contribution in [1.29, 1.82) is 5.26 Å². The molecule has 0 radical (unpaired) electrons. The van der Waals surface area contributed by atoms with Gasteiger partial charge in [0, 0.05) is 10.7 Å². The van der Waals surface area contributed by atoms with Crippen LogP contribution in [0, 0.1) is 31.0 Å². The van der Waals surface area contributed by atoms with E-state index < -0.39 is 17.8 Å². The van der Waals surface area contributed by atoms with E-state index in [1.807, 2.05) is 13.0 Å². The van der Waals surface area contributed by atoms with Crippen LogP contribution in [0.5, 0.6) is 0 Å². The average Bonchev–Trinajstić information content (AvgIpc) is 2.68. The topological polar surface area (TPSA) is 72.1 Å². The van der Waals surface area contributed by atoms with Crippen molar-refractivity contribution >= 4 is 33.4 Å². The maximum Gasteiger partial charge on any atom is 0.142 e. The molecule has 29 heavy (non-hydrogen) atoms. The van der Waals surface area contributed by atoms with E-state index in [4.69, 9.17) is 16.9 Å². The van der Waals surface area contributed by atoms with Crippen molar-refractivity contribution in [2.45, 2.75) is 19.9 Å². The van der Waals surface area contributed by atoms with Crippen LogP contribution < -0.4 is 5.11 Å². The molecule has 3 rings (SSSR count). The highest BCUT2D eigenvalue weighted by Gasteiger charge is 2.19. The predicted octanol–water partition coefficient (Wildman–Crippen LogP) is 5.02. The fourth-order valence-electron chi connectivity index (χ4n) is 2.93. The number of nitriles is 1. The van der Waals surface area contributed by atoms with Gasteiger partial charge in [-0.15, -0.1) is 0 Å². The molecular formula is C22H15BrClFN3O-. The monoisotopic (exact) mass is 470 g/mol. The average molecular weight is 472 g/mol. The van der Waals surface area contributed by atoms with Crippen LogP contribution in [0.15, 0.2) is 58.1 Å². The molecule has 146 valence electrons. The van der Waals surface area contributed by atoms with Gasteiger partial charge in [-0.2, -0.15) is 5.26 Å². The van der Waals surface area contributed by atoms with Crippen LogP contribution in [0.4, 0.5) is 4.39 Å². The minimum Gasteiger partial charge on any atom is -0.858 e. The molecule has 1 unspecified atom stereocenters. The van der Waals surface area contributed by atoms with Crippen molar-refractivity contribution in [1.82, 2.24) is 4.98 Å². The van der Waals surface area contributed by atoms with Gasteiger partial charge in [0.05, 0.1) is 22.3 Å². The summed E-state index contributed by atoms with van der Waals surface area (Å²) >= 11 is 9.18. The highest BCUT2D eigenvalue weighted by Crippen LogP contribution is 2.31. The van der Waals surface area contributed by atoms with Crippen molar-refractivity contribution in [2.75, 3.05) is 0 Å². The number of hydrogen-bond donors (Lipinski definition) is 0. The zero-order valence-corrected chi connectivity index (χ0v) is 17.9. The summed E-state index contributed by atoms with van der Waals surface area (Å²) in [6.45, 7) is 3.60. The molecule has 0 saturated carbocycles. The van der Waals surface area contributed by atoms with E-state index in [1.165, 1.54) is 12.1 Å². The molecule has 0 aliphatic carbocycles. The van der Waals surface area contributed by atoms with E-state index in [9.17, 15) is 9.50 Å². The Hall–Kier alpha value is -2.75. The molecule has 0 bridgehead atoms. The lowest BCUT2D eigenvalue weighted by Gasteiger charge is -2.20. The summed E-state index contributed by atoms with van der Waals surface area (Å²) < 4.78 is 14.9. The molecular weight excluding hydrogens is 457 g/mol. The molecule has 0 saturated heterocycles. The number of halogens is 3. The minimum absolute atomic E-state index is 0.0120. The number of aromatic nitrogens is 1. The summed E-state index contributed by atoms with van der Waals surface area (Å²) in [6, 6.07) is 12.2. The fourth-order valence-corrected chi connectivity index (χ4v) is 3.49. The summed E-state index contributed by atoms with van der Waals surface area (Å²) in [5, 5.41) is 21.9. The maximum atomic E-state index is 14.1. The van der Waals surface area contributed by atoms with Crippen molar-refractivity contribution in [3.8, 4) is 6.07 Å². The van der Waals surface area contributed by atoms with Gasteiger partial charge in [0.1, 0.15) is 11.9 Å². The Bertz CT molecular complexity index is 1160. The third kappa shape index (κ3) is 4.64. The third-order valence-corrected chi connectivity index (χ3v) is 5.18. The molecule has 0 aliphatic heterocycles. The quantitative estimate of drug-likeness (QED) is 0.396. The van der Waals surface area contributed by atoms with Crippen molar-refractivity contribution in [3.05, 3.63) is 97.5 Å². The molecule has 0 N–H and O–H groups in total. The van der Waals surface area contributed by atoms with Gasteiger partial charge in [-0.05, 0) is 88.3 Å². The molecule has 0 spiro atoms. The molecule has 7 heteroatoms. The van der Waals surface area contributed by atoms with Gasteiger partial charge < -0.3 is 5.11 Å². The van der Waals surface area contributed by atoms with Crippen LogP contribution in [-0.2, 0) is 0 Å². The van der Waals surface area contributed by atoms with Crippen molar-refractivity contribution < 1.29 is 9.50 Å². The Balaban J connectivity index is 2.14.